The van der Waals surface area contributed by atoms with Crippen molar-refractivity contribution in [2.75, 3.05) is 0 Å². The number of tetrazole rings is 1. The molecule has 0 bridgehead atoms. The van der Waals surface area contributed by atoms with Crippen LogP contribution < -0.4 is 0 Å². The molecule has 1 aromatic carbocycles. The van der Waals surface area contributed by atoms with Crippen LogP contribution >= 0.6 is 27.5 Å². The molecule has 0 aliphatic rings. The number of hydrogen-bond donors (Lipinski definition) is 1. The van der Waals surface area contributed by atoms with Crippen molar-refractivity contribution in [2.24, 2.45) is 0 Å². The molecule has 1 N–H and O–H groups in total. The van der Waals surface area contributed by atoms with Crippen LogP contribution in [0.5, 0.6) is 0 Å². The number of hydrogen-bond acceptors (Lipinski definition) is 4. The fourth-order valence-electron chi connectivity index (χ4n) is 1.87. The Kier molecular flexibility index (Phi) is 4.72. The van der Waals surface area contributed by atoms with E-state index in [0.717, 1.165) is 10.0 Å². The van der Waals surface area contributed by atoms with Gasteiger partial charge in [0.15, 0.2) is 5.82 Å². The third kappa shape index (κ3) is 3.16. The fourth-order valence-corrected chi connectivity index (χ4v) is 2.37. The highest BCUT2D eigenvalue weighted by atomic mass is 79.9. The standard InChI is InChI=1S/C12H12BrClN4O2/c1-2-8(6-11(19)20)18-12(15-16-17-18)7-3-4-10(14)9(13)5-7/h3-5,8H,2,6H2,1H3,(H,19,20). The van der Waals surface area contributed by atoms with Gasteiger partial charge in [0, 0.05) is 10.0 Å². The Morgan fingerprint density at radius 1 is 1.55 bits per heavy atom. The molecule has 0 spiro atoms. The number of nitrogens with zero attached hydrogens (tertiary/aromatic N) is 4. The summed E-state index contributed by atoms with van der Waals surface area (Å²) in [5.41, 5.74) is 0.773. The van der Waals surface area contributed by atoms with Crippen LogP contribution in [0.3, 0.4) is 0 Å². The molecule has 0 amide bonds. The van der Waals surface area contributed by atoms with Crippen molar-refractivity contribution >= 4 is 33.5 Å². The second-order valence-corrected chi connectivity index (χ2v) is 5.50. The Morgan fingerprint density at radius 2 is 2.30 bits per heavy atom. The van der Waals surface area contributed by atoms with Crippen molar-refractivity contribution in [2.45, 2.75) is 25.8 Å². The van der Waals surface area contributed by atoms with E-state index >= 15 is 0 Å². The Balaban J connectivity index is 2.40. The lowest BCUT2D eigenvalue weighted by atomic mass is 10.1. The third-order valence-electron chi connectivity index (χ3n) is 2.90. The summed E-state index contributed by atoms with van der Waals surface area (Å²) in [6, 6.07) is 5.05. The van der Waals surface area contributed by atoms with Gasteiger partial charge in [-0.15, -0.1) is 5.10 Å². The van der Waals surface area contributed by atoms with Gasteiger partial charge in [-0.2, -0.15) is 0 Å². The Morgan fingerprint density at radius 3 is 2.90 bits per heavy atom. The van der Waals surface area contributed by atoms with Crippen LogP contribution in [0.1, 0.15) is 25.8 Å². The number of carboxylic acid groups (broad SMARTS) is 1. The van der Waals surface area contributed by atoms with E-state index < -0.39 is 5.97 Å². The SMILES string of the molecule is CCC(CC(=O)O)n1nnnc1-c1ccc(Cl)c(Br)c1. The van der Waals surface area contributed by atoms with Gasteiger partial charge in [-0.05, 0) is 51.0 Å². The lowest BCUT2D eigenvalue weighted by molar-refractivity contribution is -0.138. The van der Waals surface area contributed by atoms with E-state index in [4.69, 9.17) is 16.7 Å². The zero-order valence-corrected chi connectivity index (χ0v) is 13.0. The summed E-state index contributed by atoms with van der Waals surface area (Å²) >= 11 is 9.30. The summed E-state index contributed by atoms with van der Waals surface area (Å²) < 4.78 is 2.28. The minimum absolute atomic E-state index is 0.0245. The normalized spacial score (nSPS) is 12.3. The summed E-state index contributed by atoms with van der Waals surface area (Å²) in [4.78, 5) is 10.9. The van der Waals surface area contributed by atoms with Crippen molar-refractivity contribution < 1.29 is 9.90 Å². The van der Waals surface area contributed by atoms with E-state index in [-0.39, 0.29) is 12.5 Å². The number of aliphatic carboxylic acids is 1. The van der Waals surface area contributed by atoms with Gasteiger partial charge in [-0.1, -0.05) is 18.5 Å². The molecule has 20 heavy (non-hydrogen) atoms. The summed E-state index contributed by atoms with van der Waals surface area (Å²) in [5, 5.41) is 21.1. The molecular weight excluding hydrogens is 348 g/mol. The molecule has 6 nitrogen and oxygen atoms in total. The maximum Gasteiger partial charge on any atom is 0.305 e. The first-order valence-corrected chi connectivity index (χ1v) is 7.15. The van der Waals surface area contributed by atoms with Gasteiger partial charge in [0.05, 0.1) is 17.5 Å². The van der Waals surface area contributed by atoms with Gasteiger partial charge in [-0.3, -0.25) is 4.79 Å². The van der Waals surface area contributed by atoms with Crippen LogP contribution in [0.4, 0.5) is 0 Å². The van der Waals surface area contributed by atoms with Gasteiger partial charge >= 0.3 is 5.97 Å². The van der Waals surface area contributed by atoms with Crippen LogP contribution in [0.25, 0.3) is 11.4 Å². The molecule has 0 fully saturated rings. The minimum Gasteiger partial charge on any atom is -0.481 e. The first kappa shape index (κ1) is 14.9. The van der Waals surface area contributed by atoms with Crippen molar-refractivity contribution in [1.29, 1.82) is 0 Å². The van der Waals surface area contributed by atoms with Crippen molar-refractivity contribution in [3.63, 3.8) is 0 Å². The molecule has 1 unspecified atom stereocenters. The predicted octanol–water partition coefficient (Wildman–Crippen LogP) is 3.18. The third-order valence-corrected chi connectivity index (χ3v) is 4.11. The number of benzene rings is 1. The Hall–Kier alpha value is -1.47. The average Bonchev–Trinajstić information content (AvgIpc) is 2.88. The van der Waals surface area contributed by atoms with Gasteiger partial charge in [-0.25, -0.2) is 4.68 Å². The lowest BCUT2D eigenvalue weighted by Gasteiger charge is -2.14. The van der Waals surface area contributed by atoms with Crippen molar-refractivity contribution in [3.05, 3.63) is 27.7 Å². The molecule has 106 valence electrons. The average molecular weight is 360 g/mol. The van der Waals surface area contributed by atoms with E-state index in [1.165, 1.54) is 0 Å². The Bertz CT molecular complexity index is 632. The number of aromatic nitrogens is 4. The topological polar surface area (TPSA) is 80.9 Å². The molecule has 2 aromatic rings. The second kappa shape index (κ2) is 6.32. The molecule has 0 aliphatic carbocycles. The highest BCUT2D eigenvalue weighted by molar-refractivity contribution is 9.10. The maximum absolute atomic E-state index is 10.9. The monoisotopic (exact) mass is 358 g/mol. The predicted molar refractivity (Wildman–Crippen MR) is 77.5 cm³/mol. The first-order valence-electron chi connectivity index (χ1n) is 5.98. The summed E-state index contributed by atoms with van der Waals surface area (Å²) in [7, 11) is 0. The molecule has 1 aromatic heterocycles. The minimum atomic E-state index is -0.879. The van der Waals surface area contributed by atoms with E-state index in [1.807, 2.05) is 6.92 Å². The zero-order chi connectivity index (χ0) is 14.7. The van der Waals surface area contributed by atoms with Gasteiger partial charge in [0.1, 0.15) is 0 Å². The van der Waals surface area contributed by atoms with E-state index in [9.17, 15) is 4.79 Å². The number of rotatable bonds is 5. The zero-order valence-electron chi connectivity index (χ0n) is 10.6. The van der Waals surface area contributed by atoms with Crippen LogP contribution in [0, 0.1) is 0 Å². The maximum atomic E-state index is 10.9. The number of carboxylic acids is 1. The van der Waals surface area contributed by atoms with Gasteiger partial charge in [0.25, 0.3) is 0 Å². The molecular formula is C12H12BrClN4O2. The summed E-state index contributed by atoms with van der Waals surface area (Å²) in [5.74, 6) is -0.356. The number of carbonyl (C=O) groups is 1. The van der Waals surface area contributed by atoms with Gasteiger partial charge in [0.2, 0.25) is 0 Å². The molecule has 1 atom stereocenters. The first-order chi connectivity index (χ1) is 9.52. The summed E-state index contributed by atoms with van der Waals surface area (Å²) in [6.07, 6.45) is 0.600. The molecule has 2 rings (SSSR count). The van der Waals surface area contributed by atoms with Crippen LogP contribution in [-0.2, 0) is 4.79 Å². The van der Waals surface area contributed by atoms with E-state index in [0.29, 0.717) is 17.3 Å². The van der Waals surface area contributed by atoms with Crippen LogP contribution in [0.15, 0.2) is 22.7 Å². The van der Waals surface area contributed by atoms with Crippen LogP contribution in [-0.4, -0.2) is 31.3 Å². The molecule has 1 heterocycles. The van der Waals surface area contributed by atoms with Gasteiger partial charge < -0.3 is 5.11 Å². The smallest absolute Gasteiger partial charge is 0.305 e. The number of halogens is 2. The molecule has 0 saturated carbocycles. The second-order valence-electron chi connectivity index (χ2n) is 4.24. The van der Waals surface area contributed by atoms with Crippen LogP contribution in [0.2, 0.25) is 5.02 Å². The van der Waals surface area contributed by atoms with E-state index in [2.05, 4.69) is 31.5 Å². The van der Waals surface area contributed by atoms with Crippen molar-refractivity contribution in [1.82, 2.24) is 20.2 Å². The Labute approximate surface area is 128 Å². The highest BCUT2D eigenvalue weighted by Gasteiger charge is 2.20. The molecule has 0 saturated heterocycles. The quantitative estimate of drug-likeness (QED) is 0.886. The fraction of sp³-hybridized carbons (Fsp3) is 0.333. The molecule has 0 aliphatic heterocycles. The summed E-state index contributed by atoms with van der Waals surface area (Å²) in [6.45, 7) is 1.90. The molecule has 8 heteroatoms. The van der Waals surface area contributed by atoms with Crippen molar-refractivity contribution in [3.8, 4) is 11.4 Å². The lowest BCUT2D eigenvalue weighted by Crippen LogP contribution is -2.15. The largest absolute Gasteiger partial charge is 0.481 e. The van der Waals surface area contributed by atoms with E-state index in [1.54, 1.807) is 22.9 Å². The highest BCUT2D eigenvalue weighted by Crippen LogP contribution is 2.29. The molecule has 0 radical (unpaired) electrons.